The Hall–Kier alpha value is -1.31. The topological polar surface area (TPSA) is 66.4 Å². The van der Waals surface area contributed by atoms with Crippen LogP contribution in [-0.2, 0) is 0 Å². The fraction of sp³-hybridized carbons (Fsp3) is 0. The summed E-state index contributed by atoms with van der Waals surface area (Å²) in [4.78, 5) is 23.4. The Labute approximate surface area is 144 Å². The van der Waals surface area contributed by atoms with Crippen molar-refractivity contribution < 1.29 is 14.7 Å². The molecule has 0 bridgehead atoms. The summed E-state index contributed by atoms with van der Waals surface area (Å²) in [7, 11) is 0. The number of hydrogen-bond donors (Lipinski definition) is 2. The van der Waals surface area contributed by atoms with Crippen LogP contribution in [-0.4, -0.2) is 17.0 Å². The quantitative estimate of drug-likeness (QED) is 0.695. The van der Waals surface area contributed by atoms with Gasteiger partial charge < -0.3 is 10.4 Å². The number of carboxylic acid groups (broad SMARTS) is 1. The largest absolute Gasteiger partial charge is 0.478 e. The highest BCUT2D eigenvalue weighted by Gasteiger charge is 2.16. The van der Waals surface area contributed by atoms with Gasteiger partial charge in [-0.1, -0.05) is 23.2 Å². The normalized spacial score (nSPS) is 10.2. The number of carbonyl (C=O) groups excluding carboxylic acids is 1. The monoisotopic (exact) mass is 435 g/mol. The van der Waals surface area contributed by atoms with Gasteiger partial charge in [-0.15, -0.1) is 0 Å². The third-order valence-electron chi connectivity index (χ3n) is 2.64. The number of anilines is 1. The van der Waals surface area contributed by atoms with Crippen molar-refractivity contribution in [3.8, 4) is 0 Å². The molecule has 0 aliphatic heterocycles. The summed E-state index contributed by atoms with van der Waals surface area (Å²) in [6.07, 6.45) is 0. The van der Waals surface area contributed by atoms with Crippen molar-refractivity contribution in [2.75, 3.05) is 5.32 Å². The zero-order chi connectivity index (χ0) is 15.6. The summed E-state index contributed by atoms with van der Waals surface area (Å²) in [6, 6.07) is 9.17. The van der Waals surface area contributed by atoms with Gasteiger partial charge in [0, 0.05) is 8.59 Å². The predicted molar refractivity (Wildman–Crippen MR) is 90.5 cm³/mol. The molecular formula is C14H8Cl2INO3. The maximum absolute atomic E-state index is 12.2. The highest BCUT2D eigenvalue weighted by atomic mass is 127. The molecule has 0 unspecified atom stereocenters. The first-order valence-corrected chi connectivity index (χ1v) is 7.51. The molecule has 0 aromatic heterocycles. The Kier molecular flexibility index (Phi) is 5.08. The molecule has 2 aromatic carbocycles. The lowest BCUT2D eigenvalue weighted by Gasteiger charge is -2.10. The Bertz CT molecular complexity index is 734. The molecule has 0 radical (unpaired) electrons. The summed E-state index contributed by atoms with van der Waals surface area (Å²) >= 11 is 13.7. The van der Waals surface area contributed by atoms with Crippen molar-refractivity contribution >= 4 is 63.4 Å². The van der Waals surface area contributed by atoms with Crippen molar-refractivity contribution in [1.29, 1.82) is 0 Å². The molecule has 108 valence electrons. The van der Waals surface area contributed by atoms with Crippen LogP contribution in [0.15, 0.2) is 36.4 Å². The Morgan fingerprint density at radius 1 is 1.05 bits per heavy atom. The molecule has 2 rings (SSSR count). The van der Waals surface area contributed by atoms with Crippen LogP contribution in [0.2, 0.25) is 10.0 Å². The molecule has 2 aromatic rings. The van der Waals surface area contributed by atoms with Gasteiger partial charge in [0.1, 0.15) is 0 Å². The second kappa shape index (κ2) is 6.64. The second-order valence-electron chi connectivity index (χ2n) is 4.07. The number of aromatic carboxylic acids is 1. The van der Waals surface area contributed by atoms with E-state index in [0.29, 0.717) is 5.02 Å². The third kappa shape index (κ3) is 3.87. The Balaban J connectivity index is 2.34. The number of halogens is 3. The maximum Gasteiger partial charge on any atom is 0.337 e. The van der Waals surface area contributed by atoms with Gasteiger partial charge >= 0.3 is 5.97 Å². The Morgan fingerprint density at radius 3 is 2.38 bits per heavy atom. The van der Waals surface area contributed by atoms with Crippen LogP contribution in [0.3, 0.4) is 0 Å². The Morgan fingerprint density at radius 2 is 1.76 bits per heavy atom. The fourth-order valence-corrected chi connectivity index (χ4v) is 2.65. The summed E-state index contributed by atoms with van der Waals surface area (Å²) in [5.74, 6) is -1.62. The lowest BCUT2D eigenvalue weighted by Crippen LogP contribution is -2.15. The van der Waals surface area contributed by atoms with Crippen LogP contribution in [0.25, 0.3) is 0 Å². The number of hydrogen-bond acceptors (Lipinski definition) is 2. The van der Waals surface area contributed by atoms with E-state index in [2.05, 4.69) is 5.32 Å². The van der Waals surface area contributed by atoms with E-state index in [4.69, 9.17) is 28.3 Å². The molecule has 4 nitrogen and oxygen atoms in total. The van der Waals surface area contributed by atoms with Crippen molar-refractivity contribution in [1.82, 2.24) is 0 Å². The minimum Gasteiger partial charge on any atom is -0.478 e. The van der Waals surface area contributed by atoms with E-state index in [1.54, 1.807) is 6.07 Å². The first-order valence-electron chi connectivity index (χ1n) is 5.67. The third-order valence-corrected chi connectivity index (χ3v) is 3.85. The maximum atomic E-state index is 12.2. The van der Waals surface area contributed by atoms with Gasteiger partial charge in [-0.3, -0.25) is 4.79 Å². The summed E-state index contributed by atoms with van der Waals surface area (Å²) in [5.41, 5.74) is 0.440. The van der Waals surface area contributed by atoms with Crippen LogP contribution in [0.4, 0.5) is 5.69 Å². The molecule has 0 saturated heterocycles. The highest BCUT2D eigenvalue weighted by Crippen LogP contribution is 2.24. The van der Waals surface area contributed by atoms with Crippen LogP contribution in [0.5, 0.6) is 0 Å². The first-order chi connectivity index (χ1) is 9.88. The zero-order valence-electron chi connectivity index (χ0n) is 10.4. The van der Waals surface area contributed by atoms with E-state index < -0.39 is 11.9 Å². The van der Waals surface area contributed by atoms with E-state index in [9.17, 15) is 9.59 Å². The minimum atomic E-state index is -1.12. The number of rotatable bonds is 3. The number of carboxylic acids is 1. The molecule has 2 N–H and O–H groups in total. The molecule has 0 fully saturated rings. The molecular weight excluding hydrogens is 428 g/mol. The van der Waals surface area contributed by atoms with Crippen molar-refractivity contribution in [3.05, 3.63) is 61.1 Å². The first kappa shape index (κ1) is 16.1. The molecule has 0 aliphatic rings. The van der Waals surface area contributed by atoms with Crippen molar-refractivity contribution in [2.24, 2.45) is 0 Å². The lowest BCUT2D eigenvalue weighted by atomic mass is 10.1. The van der Waals surface area contributed by atoms with Gasteiger partial charge in [0.15, 0.2) is 0 Å². The highest BCUT2D eigenvalue weighted by molar-refractivity contribution is 14.1. The van der Waals surface area contributed by atoms with Gasteiger partial charge in [0.05, 0.1) is 21.8 Å². The minimum absolute atomic E-state index is 0.0142. The van der Waals surface area contributed by atoms with Crippen LogP contribution in [0.1, 0.15) is 20.7 Å². The van der Waals surface area contributed by atoms with Gasteiger partial charge in [-0.25, -0.2) is 4.79 Å². The average Bonchev–Trinajstić information content (AvgIpc) is 2.40. The van der Waals surface area contributed by atoms with Crippen molar-refractivity contribution in [2.45, 2.75) is 0 Å². The van der Waals surface area contributed by atoms with Crippen LogP contribution < -0.4 is 5.32 Å². The van der Waals surface area contributed by atoms with Gasteiger partial charge in [0.25, 0.3) is 5.91 Å². The molecule has 1 amide bonds. The summed E-state index contributed by atoms with van der Waals surface area (Å²) < 4.78 is 0.757. The molecule has 0 atom stereocenters. The molecule has 7 heteroatoms. The van der Waals surface area contributed by atoms with Gasteiger partial charge in [-0.2, -0.15) is 0 Å². The van der Waals surface area contributed by atoms with E-state index in [1.807, 2.05) is 22.6 Å². The standard InChI is InChI=1S/C14H8Cl2INO3/c15-7-1-3-9(11(16)5-7)13(19)18-12-4-2-8(17)6-10(12)14(20)21/h1-6H,(H,18,19)(H,20,21). The second-order valence-corrected chi connectivity index (χ2v) is 6.16. The van der Waals surface area contributed by atoms with Crippen molar-refractivity contribution in [3.63, 3.8) is 0 Å². The zero-order valence-corrected chi connectivity index (χ0v) is 14.0. The lowest BCUT2D eigenvalue weighted by molar-refractivity contribution is 0.0698. The number of nitrogens with one attached hydrogen (secondary N) is 1. The molecule has 21 heavy (non-hydrogen) atoms. The van der Waals surface area contributed by atoms with E-state index in [-0.39, 0.29) is 21.8 Å². The SMILES string of the molecule is O=C(Nc1ccc(I)cc1C(=O)O)c1ccc(Cl)cc1Cl. The molecule has 0 saturated carbocycles. The molecule has 0 spiro atoms. The predicted octanol–water partition coefficient (Wildman–Crippen LogP) is 4.55. The average molecular weight is 436 g/mol. The van der Waals surface area contributed by atoms with Crippen LogP contribution in [0, 0.1) is 3.57 Å². The number of carbonyl (C=O) groups is 2. The van der Waals surface area contributed by atoms with Crippen LogP contribution >= 0.6 is 45.8 Å². The summed E-state index contributed by atoms with van der Waals surface area (Å²) in [5, 5.41) is 12.3. The van der Waals surface area contributed by atoms with E-state index in [1.165, 1.54) is 30.3 Å². The summed E-state index contributed by atoms with van der Waals surface area (Å²) in [6.45, 7) is 0. The molecule has 0 aliphatic carbocycles. The fourth-order valence-electron chi connectivity index (χ4n) is 1.67. The number of amides is 1. The van der Waals surface area contributed by atoms with Gasteiger partial charge in [0.2, 0.25) is 0 Å². The van der Waals surface area contributed by atoms with E-state index >= 15 is 0 Å². The van der Waals surface area contributed by atoms with E-state index in [0.717, 1.165) is 3.57 Å². The van der Waals surface area contributed by atoms with Gasteiger partial charge in [-0.05, 0) is 59.0 Å². The number of benzene rings is 2. The smallest absolute Gasteiger partial charge is 0.337 e. The molecule has 0 heterocycles.